The van der Waals surface area contributed by atoms with Crippen LogP contribution < -0.4 is 15.4 Å². The molecule has 2 amide bonds. The predicted molar refractivity (Wildman–Crippen MR) is 119 cm³/mol. The smallest absolute Gasteiger partial charge is 0.326 e. The molecule has 8 heteroatoms. The summed E-state index contributed by atoms with van der Waals surface area (Å²) < 4.78 is 5.08. The number of benzene rings is 2. The number of carboxylic acids is 1. The molecule has 0 heterocycles. The number of hydrogen-bond donors (Lipinski definition) is 3. The van der Waals surface area contributed by atoms with Crippen LogP contribution in [0.4, 0.5) is 0 Å². The zero-order chi connectivity index (χ0) is 23.0. The maximum absolute atomic E-state index is 12.9. The zero-order valence-corrected chi connectivity index (χ0v) is 18.3. The number of rotatable bonds is 9. The van der Waals surface area contributed by atoms with Gasteiger partial charge in [0, 0.05) is 10.6 Å². The van der Waals surface area contributed by atoms with Crippen LogP contribution in [0.1, 0.15) is 36.2 Å². The predicted octanol–water partition coefficient (Wildman–Crippen LogP) is 3.74. The minimum atomic E-state index is -1.14. The van der Waals surface area contributed by atoms with E-state index in [0.29, 0.717) is 21.9 Å². The summed E-state index contributed by atoms with van der Waals surface area (Å²) in [6, 6.07) is 11.9. The van der Waals surface area contributed by atoms with Gasteiger partial charge >= 0.3 is 5.97 Å². The summed E-state index contributed by atoms with van der Waals surface area (Å²) in [4.78, 5) is 37.1. The van der Waals surface area contributed by atoms with Crippen molar-refractivity contribution in [1.82, 2.24) is 10.6 Å². The Morgan fingerprint density at radius 2 is 1.68 bits per heavy atom. The molecule has 0 aliphatic rings. The van der Waals surface area contributed by atoms with E-state index in [1.807, 2.05) is 13.8 Å². The van der Waals surface area contributed by atoms with Gasteiger partial charge in [0.25, 0.3) is 11.8 Å². The topological polar surface area (TPSA) is 105 Å². The molecule has 0 bridgehead atoms. The molecule has 0 saturated carbocycles. The van der Waals surface area contributed by atoms with Crippen LogP contribution in [0.15, 0.2) is 54.2 Å². The molecule has 0 aliphatic heterocycles. The molecule has 0 saturated heterocycles. The van der Waals surface area contributed by atoms with Gasteiger partial charge < -0.3 is 20.5 Å². The number of aliphatic carboxylic acids is 1. The van der Waals surface area contributed by atoms with Crippen molar-refractivity contribution in [2.24, 2.45) is 5.92 Å². The number of carbonyl (C=O) groups excluding carboxylic acids is 2. The van der Waals surface area contributed by atoms with E-state index in [0.717, 1.165) is 0 Å². The molecular weight excluding hydrogens is 420 g/mol. The lowest BCUT2D eigenvalue weighted by atomic mass is 10.0. The molecule has 0 radical (unpaired) electrons. The molecule has 2 aromatic carbocycles. The molecule has 1 unspecified atom stereocenters. The maximum Gasteiger partial charge on any atom is 0.326 e. The summed E-state index contributed by atoms with van der Waals surface area (Å²) in [5, 5.41) is 15.0. The van der Waals surface area contributed by atoms with E-state index < -0.39 is 23.8 Å². The molecule has 2 rings (SSSR count). The van der Waals surface area contributed by atoms with Gasteiger partial charge in [-0.2, -0.15) is 0 Å². The Morgan fingerprint density at radius 1 is 1.06 bits per heavy atom. The molecule has 2 aromatic rings. The molecule has 0 aliphatic carbocycles. The van der Waals surface area contributed by atoms with Gasteiger partial charge in [0.15, 0.2) is 0 Å². The van der Waals surface area contributed by atoms with Gasteiger partial charge in [0.1, 0.15) is 17.5 Å². The van der Waals surface area contributed by atoms with Crippen molar-refractivity contribution >= 4 is 35.5 Å². The monoisotopic (exact) mass is 444 g/mol. The van der Waals surface area contributed by atoms with Gasteiger partial charge in [-0.15, -0.1) is 0 Å². The van der Waals surface area contributed by atoms with Crippen LogP contribution in [0, 0.1) is 5.92 Å². The Kier molecular flexibility index (Phi) is 8.63. The standard InChI is InChI=1S/C23H25ClN2O5/c1-14(2)12-20(23(29)30)26-22(28)19(13-15-4-8-17(24)9-5-15)25-21(27)16-6-10-18(31-3)11-7-16/h4-11,13-14,20H,12H2,1-3H3,(H,25,27)(H,26,28)(H,29,30). The molecule has 7 nitrogen and oxygen atoms in total. The van der Waals surface area contributed by atoms with E-state index in [4.69, 9.17) is 16.3 Å². The number of carbonyl (C=O) groups is 3. The first-order valence-electron chi connectivity index (χ1n) is 9.66. The van der Waals surface area contributed by atoms with Gasteiger partial charge in [-0.05, 0) is 60.4 Å². The minimum absolute atomic E-state index is 0.0546. The number of amides is 2. The zero-order valence-electron chi connectivity index (χ0n) is 17.5. The van der Waals surface area contributed by atoms with Crippen molar-refractivity contribution in [3.05, 3.63) is 70.4 Å². The summed E-state index contributed by atoms with van der Waals surface area (Å²) in [7, 11) is 1.52. The third kappa shape index (κ3) is 7.46. The fourth-order valence-corrected chi connectivity index (χ4v) is 2.88. The third-order valence-corrected chi connectivity index (χ3v) is 4.59. The molecule has 0 aromatic heterocycles. The van der Waals surface area contributed by atoms with Gasteiger partial charge in [-0.25, -0.2) is 4.79 Å². The number of carboxylic acid groups (broad SMARTS) is 1. The Morgan fingerprint density at radius 3 is 2.19 bits per heavy atom. The molecule has 3 N–H and O–H groups in total. The van der Waals surface area contributed by atoms with E-state index in [-0.39, 0.29) is 18.0 Å². The first kappa shape index (κ1) is 24.0. The highest BCUT2D eigenvalue weighted by molar-refractivity contribution is 6.30. The van der Waals surface area contributed by atoms with Crippen LogP contribution in [-0.4, -0.2) is 36.0 Å². The highest BCUT2D eigenvalue weighted by Gasteiger charge is 2.24. The fraction of sp³-hybridized carbons (Fsp3) is 0.261. The Labute approximate surface area is 186 Å². The lowest BCUT2D eigenvalue weighted by Gasteiger charge is -2.18. The van der Waals surface area contributed by atoms with Crippen molar-refractivity contribution in [3.63, 3.8) is 0 Å². The van der Waals surface area contributed by atoms with Crippen molar-refractivity contribution in [2.45, 2.75) is 26.3 Å². The highest BCUT2D eigenvalue weighted by atomic mass is 35.5. The third-order valence-electron chi connectivity index (χ3n) is 4.34. The lowest BCUT2D eigenvalue weighted by Crippen LogP contribution is -2.45. The number of ether oxygens (including phenoxy) is 1. The van der Waals surface area contributed by atoms with Crippen molar-refractivity contribution < 1.29 is 24.2 Å². The van der Waals surface area contributed by atoms with Gasteiger partial charge in [0.2, 0.25) is 0 Å². The summed E-state index contributed by atoms with van der Waals surface area (Å²) in [6.07, 6.45) is 1.71. The highest BCUT2D eigenvalue weighted by Crippen LogP contribution is 2.15. The first-order valence-corrected chi connectivity index (χ1v) is 10.0. The normalized spacial score (nSPS) is 12.2. The number of halogens is 1. The second-order valence-corrected chi connectivity index (χ2v) is 7.72. The molecule has 0 fully saturated rings. The van der Waals surface area contributed by atoms with E-state index in [1.54, 1.807) is 48.5 Å². The number of methoxy groups -OCH3 is 1. The molecule has 164 valence electrons. The summed E-state index contributed by atoms with van der Waals surface area (Å²) in [5.74, 6) is -1.73. The van der Waals surface area contributed by atoms with Gasteiger partial charge in [0.05, 0.1) is 7.11 Å². The van der Waals surface area contributed by atoms with Crippen molar-refractivity contribution in [3.8, 4) is 5.75 Å². The largest absolute Gasteiger partial charge is 0.497 e. The summed E-state index contributed by atoms with van der Waals surface area (Å²) in [5.41, 5.74) is 0.839. The molecule has 31 heavy (non-hydrogen) atoms. The van der Waals surface area contributed by atoms with Crippen molar-refractivity contribution in [1.29, 1.82) is 0 Å². The van der Waals surface area contributed by atoms with E-state index in [2.05, 4.69) is 10.6 Å². The average Bonchev–Trinajstić information content (AvgIpc) is 2.73. The van der Waals surface area contributed by atoms with Crippen LogP contribution in [-0.2, 0) is 9.59 Å². The van der Waals surface area contributed by atoms with Crippen molar-refractivity contribution in [2.75, 3.05) is 7.11 Å². The fourth-order valence-electron chi connectivity index (χ4n) is 2.75. The number of nitrogens with one attached hydrogen (secondary N) is 2. The summed E-state index contributed by atoms with van der Waals surface area (Å²) >= 11 is 5.91. The average molecular weight is 445 g/mol. The lowest BCUT2D eigenvalue weighted by molar-refractivity contribution is -0.141. The van der Waals surface area contributed by atoms with E-state index in [9.17, 15) is 19.5 Å². The van der Waals surface area contributed by atoms with Gasteiger partial charge in [-0.1, -0.05) is 37.6 Å². The van der Waals surface area contributed by atoms with Crippen LogP contribution in [0.25, 0.3) is 6.08 Å². The Bertz CT molecular complexity index is 953. The number of hydrogen-bond acceptors (Lipinski definition) is 4. The van der Waals surface area contributed by atoms with Gasteiger partial charge in [-0.3, -0.25) is 9.59 Å². The second-order valence-electron chi connectivity index (χ2n) is 7.29. The van der Waals surface area contributed by atoms with Crippen LogP contribution in [0.3, 0.4) is 0 Å². The van der Waals surface area contributed by atoms with Crippen LogP contribution in [0.5, 0.6) is 5.75 Å². The van der Waals surface area contributed by atoms with E-state index >= 15 is 0 Å². The SMILES string of the molecule is COc1ccc(C(=O)NC(=Cc2ccc(Cl)cc2)C(=O)NC(CC(C)C)C(=O)O)cc1. The molecular formula is C23H25ClN2O5. The maximum atomic E-state index is 12.9. The van der Waals surface area contributed by atoms with Crippen LogP contribution >= 0.6 is 11.6 Å². The van der Waals surface area contributed by atoms with Crippen LogP contribution in [0.2, 0.25) is 5.02 Å². The first-order chi connectivity index (χ1) is 14.7. The Balaban J connectivity index is 2.30. The Hall–Kier alpha value is -3.32. The molecule has 1 atom stereocenters. The summed E-state index contributed by atoms with van der Waals surface area (Å²) in [6.45, 7) is 3.72. The van der Waals surface area contributed by atoms with E-state index in [1.165, 1.54) is 13.2 Å². The quantitative estimate of drug-likeness (QED) is 0.511. The minimum Gasteiger partial charge on any atom is -0.497 e. The molecule has 0 spiro atoms. The second kappa shape index (κ2) is 11.2.